The van der Waals surface area contributed by atoms with E-state index in [0.717, 1.165) is 18.5 Å². The van der Waals surface area contributed by atoms with Gasteiger partial charge in [0.25, 0.3) is 0 Å². The summed E-state index contributed by atoms with van der Waals surface area (Å²) in [4.78, 5) is 0. The van der Waals surface area contributed by atoms with Gasteiger partial charge in [0, 0.05) is 25.1 Å². The van der Waals surface area contributed by atoms with Gasteiger partial charge in [-0.15, -0.1) is 0 Å². The van der Waals surface area contributed by atoms with Crippen molar-refractivity contribution >= 4 is 7.14 Å². The van der Waals surface area contributed by atoms with Crippen molar-refractivity contribution in [3.63, 3.8) is 0 Å². The number of hydrogen-bond donors (Lipinski definition) is 1. The molecule has 0 unspecified atom stereocenters. The van der Waals surface area contributed by atoms with Gasteiger partial charge in [-0.1, -0.05) is 117 Å². The van der Waals surface area contributed by atoms with Crippen LogP contribution in [-0.4, -0.2) is 30.2 Å². The Kier molecular flexibility index (Phi) is 28.4. The van der Waals surface area contributed by atoms with Crippen molar-refractivity contribution in [2.75, 3.05) is 25.1 Å². The molecule has 0 aliphatic carbocycles. The van der Waals surface area contributed by atoms with E-state index >= 15 is 0 Å². The normalized spacial score (nSPS) is 11.3. The molecule has 0 heterocycles. The molecule has 0 aliphatic rings. The molecule has 1 N–H and O–H groups in total. The zero-order valence-corrected chi connectivity index (χ0v) is 21.8. The summed E-state index contributed by atoms with van der Waals surface area (Å²) in [5, 5.41) is 7.57. The Morgan fingerprint density at radius 1 is 0.448 bits per heavy atom. The zero-order valence-electron chi connectivity index (χ0n) is 20.9. The third-order valence-corrected chi connectivity index (χ3v) is 9.15. The first-order chi connectivity index (χ1) is 14.1. The summed E-state index contributed by atoms with van der Waals surface area (Å²) in [5.74, 6) is 0. The third kappa shape index (κ3) is 26.2. The fraction of sp³-hybridized carbons (Fsp3) is 1.00. The summed E-state index contributed by atoms with van der Waals surface area (Å²) in [7, 11) is -1.89. The van der Waals surface area contributed by atoms with Gasteiger partial charge in [-0.3, -0.25) is 0 Å². The van der Waals surface area contributed by atoms with Crippen molar-refractivity contribution in [2.24, 2.45) is 0 Å². The highest BCUT2D eigenvalue weighted by molar-refractivity contribution is 7.63. The largest absolute Gasteiger partial charge is 0.397 e. The van der Waals surface area contributed by atoms with Crippen LogP contribution in [0.2, 0.25) is 0 Å². The van der Waals surface area contributed by atoms with E-state index in [0.29, 0.717) is 0 Å². The molecule has 0 amide bonds. The van der Waals surface area contributed by atoms with Crippen LogP contribution < -0.4 is 0 Å². The molecule has 0 fully saturated rings. The van der Waals surface area contributed by atoms with E-state index in [4.69, 9.17) is 5.11 Å². The number of unbranched alkanes of at least 4 members (excludes halogenated alkanes) is 15. The summed E-state index contributed by atoms with van der Waals surface area (Å²) in [6.07, 6.45) is 26.9. The van der Waals surface area contributed by atoms with Crippen molar-refractivity contribution < 1.29 is 9.67 Å². The van der Waals surface area contributed by atoms with Gasteiger partial charge in [0.1, 0.15) is 0 Å². The molecule has 29 heavy (non-hydrogen) atoms. The van der Waals surface area contributed by atoms with Crippen LogP contribution in [0.4, 0.5) is 0 Å². The van der Waals surface area contributed by atoms with Crippen molar-refractivity contribution in [1.82, 2.24) is 0 Å². The molecule has 0 aromatic heterocycles. The number of rotatable bonds is 21. The van der Waals surface area contributed by atoms with Crippen molar-refractivity contribution in [2.45, 2.75) is 143 Å². The molecule has 0 saturated heterocycles. The monoisotopic (exact) mass is 432 g/mol. The summed E-state index contributed by atoms with van der Waals surface area (Å²) in [6.45, 7) is 8.75. The van der Waals surface area contributed by atoms with Gasteiger partial charge in [-0.25, -0.2) is 0 Å². The Labute approximate surface area is 185 Å². The lowest BCUT2D eigenvalue weighted by Crippen LogP contribution is -2.02. The van der Waals surface area contributed by atoms with Crippen LogP contribution in [0, 0.1) is 0 Å². The Morgan fingerprint density at radius 3 is 0.897 bits per heavy atom. The second-order valence-electron chi connectivity index (χ2n) is 8.85. The van der Waals surface area contributed by atoms with Gasteiger partial charge < -0.3 is 9.67 Å². The molecule has 0 aromatic carbocycles. The highest BCUT2D eigenvalue weighted by atomic mass is 31.2. The second-order valence-corrected chi connectivity index (χ2v) is 12.3. The highest BCUT2D eigenvalue weighted by Gasteiger charge is 2.20. The van der Waals surface area contributed by atoms with Gasteiger partial charge in [-0.2, -0.15) is 0 Å². The van der Waals surface area contributed by atoms with Crippen molar-refractivity contribution in [3.05, 3.63) is 0 Å². The van der Waals surface area contributed by atoms with E-state index < -0.39 is 7.14 Å². The molecule has 2 nitrogen and oxygen atoms in total. The van der Waals surface area contributed by atoms with Gasteiger partial charge >= 0.3 is 0 Å². The predicted molar refractivity (Wildman–Crippen MR) is 135 cm³/mol. The quantitative estimate of drug-likeness (QED) is 0.145. The van der Waals surface area contributed by atoms with Gasteiger partial charge in [0.05, 0.1) is 7.14 Å². The topological polar surface area (TPSA) is 37.3 Å². The SMILES string of the molecule is CCCCCCCCP(=O)(CCCCCCCC)CCCCCCCC.CCO. The standard InChI is InChI=1S/C24H51OP.C2H6O/c1-4-7-10-13-16-19-22-26(25,23-20-17-14-11-8-5-2)24-21-18-15-12-9-6-3;1-2-3/h4-24H2,1-3H3;3H,2H2,1H3. The van der Waals surface area contributed by atoms with Gasteiger partial charge in [0.15, 0.2) is 0 Å². The highest BCUT2D eigenvalue weighted by Crippen LogP contribution is 2.48. The third-order valence-electron chi connectivity index (χ3n) is 5.76. The number of hydrogen-bond acceptors (Lipinski definition) is 2. The van der Waals surface area contributed by atoms with Crippen LogP contribution >= 0.6 is 7.14 Å². The van der Waals surface area contributed by atoms with E-state index in [1.807, 2.05) is 0 Å². The first-order valence-electron chi connectivity index (χ1n) is 13.3. The minimum absolute atomic E-state index is 0.250. The van der Waals surface area contributed by atoms with Crippen molar-refractivity contribution in [1.29, 1.82) is 0 Å². The first kappa shape index (κ1) is 31.4. The lowest BCUT2D eigenvalue weighted by molar-refractivity contribution is 0.318. The Hall–Kier alpha value is 0.190. The molecule has 0 radical (unpaired) electrons. The summed E-state index contributed by atoms with van der Waals surface area (Å²) >= 11 is 0. The molecular weight excluding hydrogens is 375 g/mol. The Morgan fingerprint density at radius 2 is 0.655 bits per heavy atom. The van der Waals surface area contributed by atoms with E-state index in [1.165, 1.54) is 116 Å². The molecule has 3 heteroatoms. The van der Waals surface area contributed by atoms with E-state index in [-0.39, 0.29) is 6.61 Å². The van der Waals surface area contributed by atoms with E-state index in [1.54, 1.807) is 6.92 Å². The van der Waals surface area contributed by atoms with Crippen LogP contribution in [0.25, 0.3) is 0 Å². The zero-order chi connectivity index (χ0) is 22.1. The molecule has 0 bridgehead atoms. The molecule has 0 aliphatic heterocycles. The Balaban J connectivity index is 0. The average Bonchev–Trinajstić information content (AvgIpc) is 2.71. The van der Waals surface area contributed by atoms with E-state index in [2.05, 4.69) is 20.8 Å². The number of aliphatic hydroxyl groups excluding tert-OH is 1. The minimum atomic E-state index is -1.89. The molecule has 0 rings (SSSR count). The molecule has 0 saturated carbocycles. The summed E-state index contributed by atoms with van der Waals surface area (Å²) in [5.41, 5.74) is 0. The minimum Gasteiger partial charge on any atom is -0.397 e. The average molecular weight is 433 g/mol. The van der Waals surface area contributed by atoms with Gasteiger partial charge in [0.2, 0.25) is 0 Å². The maximum Gasteiger partial charge on any atom is 0.0877 e. The predicted octanol–water partition coefficient (Wildman–Crippen LogP) is 9.43. The summed E-state index contributed by atoms with van der Waals surface area (Å²) in [6, 6.07) is 0. The molecule has 178 valence electrons. The van der Waals surface area contributed by atoms with Crippen LogP contribution in [0.3, 0.4) is 0 Å². The van der Waals surface area contributed by atoms with Crippen LogP contribution in [0.15, 0.2) is 0 Å². The lowest BCUT2D eigenvalue weighted by atomic mass is 10.1. The van der Waals surface area contributed by atoms with Crippen LogP contribution in [0.1, 0.15) is 143 Å². The van der Waals surface area contributed by atoms with E-state index in [9.17, 15) is 4.57 Å². The molecule has 0 atom stereocenters. The fourth-order valence-electron chi connectivity index (χ4n) is 3.88. The Bertz CT molecular complexity index is 283. The maximum atomic E-state index is 13.5. The first-order valence-corrected chi connectivity index (χ1v) is 15.5. The summed E-state index contributed by atoms with van der Waals surface area (Å²) < 4.78 is 13.5. The van der Waals surface area contributed by atoms with Gasteiger partial charge in [-0.05, 0) is 26.2 Å². The van der Waals surface area contributed by atoms with Crippen LogP contribution in [-0.2, 0) is 4.57 Å². The molecule has 0 spiro atoms. The second kappa shape index (κ2) is 26.2. The van der Waals surface area contributed by atoms with Crippen molar-refractivity contribution in [3.8, 4) is 0 Å². The molecular formula is C26H57O2P. The lowest BCUT2D eigenvalue weighted by Gasteiger charge is -2.18. The number of aliphatic hydroxyl groups is 1. The fourth-order valence-corrected chi connectivity index (χ4v) is 6.95. The van der Waals surface area contributed by atoms with Crippen LogP contribution in [0.5, 0.6) is 0 Å². The molecule has 0 aromatic rings. The smallest absolute Gasteiger partial charge is 0.0877 e. The maximum absolute atomic E-state index is 13.5.